The molecular weight excluding hydrogens is 732 g/mol. The Labute approximate surface area is 321 Å². The molecule has 1 aliphatic heterocycles. The summed E-state index contributed by atoms with van der Waals surface area (Å²) in [5.41, 5.74) is 0.0126. The van der Waals surface area contributed by atoms with E-state index in [-0.39, 0.29) is 28.8 Å². The van der Waals surface area contributed by atoms with E-state index in [1.54, 1.807) is 13.8 Å². The summed E-state index contributed by atoms with van der Waals surface area (Å²) in [6.45, 7) is 16.0. The molecule has 2 aromatic rings. The number of benzene rings is 2. The first-order valence-corrected chi connectivity index (χ1v) is 18.6. The van der Waals surface area contributed by atoms with Crippen LogP contribution in [-0.2, 0) is 31.4 Å². The number of hydrogen-bond acceptors (Lipinski definition) is 9. The van der Waals surface area contributed by atoms with Gasteiger partial charge in [0.2, 0.25) is 0 Å². The Morgan fingerprint density at radius 1 is 0.709 bits per heavy atom. The van der Waals surface area contributed by atoms with E-state index >= 15 is 0 Å². The quantitative estimate of drug-likeness (QED) is 0.115. The molecule has 1 saturated carbocycles. The third-order valence-corrected chi connectivity index (χ3v) is 9.69. The van der Waals surface area contributed by atoms with Crippen LogP contribution in [0.1, 0.15) is 123 Å². The minimum atomic E-state index is -4.52. The molecule has 2 aliphatic rings. The van der Waals surface area contributed by atoms with E-state index in [0.29, 0.717) is 42.1 Å². The van der Waals surface area contributed by atoms with Crippen molar-refractivity contribution in [3.05, 3.63) is 57.6 Å². The lowest BCUT2D eigenvalue weighted by molar-refractivity contribution is -0.139. The Hall–Kier alpha value is -4.01. The largest absolute Gasteiger partial charge is 0.465 e. The zero-order chi connectivity index (χ0) is 41.7. The fourth-order valence-corrected chi connectivity index (χ4v) is 6.87. The van der Waals surface area contributed by atoms with Gasteiger partial charge in [0.1, 0.15) is 5.60 Å². The van der Waals surface area contributed by atoms with E-state index in [2.05, 4.69) is 19.5 Å². The van der Waals surface area contributed by atoms with Crippen molar-refractivity contribution in [1.82, 2.24) is 5.32 Å². The fraction of sp³-hybridized carbons (Fsp3) is 0.625. The Bertz CT molecular complexity index is 1460. The molecule has 310 valence electrons. The first-order chi connectivity index (χ1) is 25.6. The van der Waals surface area contributed by atoms with Crippen LogP contribution < -0.4 is 15.1 Å². The van der Waals surface area contributed by atoms with Crippen LogP contribution in [0.3, 0.4) is 0 Å². The first kappa shape index (κ1) is 47.1. The van der Waals surface area contributed by atoms with Crippen molar-refractivity contribution < 1.29 is 54.9 Å². The van der Waals surface area contributed by atoms with Crippen LogP contribution in [0.4, 0.5) is 37.7 Å². The highest BCUT2D eigenvalue weighted by Crippen LogP contribution is 2.39. The average molecular weight is 790 g/mol. The molecule has 0 atom stereocenters. The smallest absolute Gasteiger partial charge is 0.416 e. The Morgan fingerprint density at radius 2 is 1.09 bits per heavy atom. The predicted octanol–water partition coefficient (Wildman–Crippen LogP) is 9.30. The summed E-state index contributed by atoms with van der Waals surface area (Å²) < 4.78 is 93.6. The van der Waals surface area contributed by atoms with Gasteiger partial charge in [-0.15, -0.1) is 0 Å². The molecular formula is C40H57F6N3O6. The van der Waals surface area contributed by atoms with Gasteiger partial charge in [-0.1, -0.05) is 19.3 Å². The van der Waals surface area contributed by atoms with Crippen LogP contribution in [0, 0.1) is 13.8 Å². The highest BCUT2D eigenvalue weighted by atomic mass is 19.4. The summed E-state index contributed by atoms with van der Waals surface area (Å²) in [5, 5.41) is 3.25. The van der Waals surface area contributed by atoms with Gasteiger partial charge in [0.15, 0.2) is 0 Å². The number of carbonyl (C=O) groups excluding carboxylic acids is 3. The molecule has 0 radical (unpaired) electrons. The number of nitrogens with zero attached hydrogens (tertiary/aromatic N) is 2. The number of carbonyl (C=O) groups is 3. The van der Waals surface area contributed by atoms with Crippen LogP contribution in [0.15, 0.2) is 24.3 Å². The molecule has 1 aliphatic carbocycles. The second-order valence-corrected chi connectivity index (χ2v) is 14.5. The number of hydrogen-bond donors (Lipinski definition) is 1. The lowest BCUT2D eigenvalue weighted by Crippen LogP contribution is -2.43. The van der Waals surface area contributed by atoms with Gasteiger partial charge in [0.25, 0.3) is 6.47 Å². The molecule has 1 heterocycles. The van der Waals surface area contributed by atoms with Crippen molar-refractivity contribution in [1.29, 1.82) is 0 Å². The van der Waals surface area contributed by atoms with Crippen LogP contribution in [0.25, 0.3) is 0 Å². The van der Waals surface area contributed by atoms with Crippen molar-refractivity contribution in [2.24, 2.45) is 0 Å². The lowest BCUT2D eigenvalue weighted by atomic mass is 9.92. The van der Waals surface area contributed by atoms with E-state index in [1.165, 1.54) is 26.7 Å². The van der Waals surface area contributed by atoms with Crippen LogP contribution in [-0.4, -0.2) is 76.5 Å². The minimum absolute atomic E-state index is 0.0171. The number of ether oxygens (including phenoxy) is 3. The Kier molecular flexibility index (Phi) is 17.8. The van der Waals surface area contributed by atoms with E-state index in [1.807, 2.05) is 44.4 Å². The number of anilines is 2. The second kappa shape index (κ2) is 20.8. The molecule has 9 nitrogen and oxygen atoms in total. The molecule has 1 N–H and O–H groups in total. The zero-order valence-corrected chi connectivity index (χ0v) is 33.4. The second-order valence-electron chi connectivity index (χ2n) is 14.5. The minimum Gasteiger partial charge on any atom is -0.465 e. The fourth-order valence-electron chi connectivity index (χ4n) is 6.87. The van der Waals surface area contributed by atoms with Crippen molar-refractivity contribution in [3.63, 3.8) is 0 Å². The van der Waals surface area contributed by atoms with Gasteiger partial charge < -0.3 is 29.3 Å². The third-order valence-electron chi connectivity index (χ3n) is 9.69. The number of halogens is 6. The Morgan fingerprint density at radius 3 is 1.38 bits per heavy atom. The number of methoxy groups -OCH3 is 2. The molecule has 0 unspecified atom stereocenters. The first-order valence-electron chi connectivity index (χ1n) is 18.6. The van der Waals surface area contributed by atoms with Gasteiger partial charge in [0, 0.05) is 36.5 Å². The van der Waals surface area contributed by atoms with Gasteiger partial charge in [-0.05, 0) is 123 Å². The average Bonchev–Trinajstić information content (AvgIpc) is 3.13. The predicted molar refractivity (Wildman–Crippen MR) is 201 cm³/mol. The van der Waals surface area contributed by atoms with Gasteiger partial charge in [-0.3, -0.25) is 4.79 Å². The van der Waals surface area contributed by atoms with Crippen molar-refractivity contribution in [2.75, 3.05) is 50.2 Å². The van der Waals surface area contributed by atoms with Crippen LogP contribution >= 0.6 is 0 Å². The lowest BCUT2D eigenvalue weighted by Gasteiger charge is -2.37. The van der Waals surface area contributed by atoms with E-state index < -0.39 is 35.4 Å². The van der Waals surface area contributed by atoms with Crippen molar-refractivity contribution in [3.8, 4) is 0 Å². The molecule has 1 saturated heterocycles. The monoisotopic (exact) mass is 789 g/mol. The van der Waals surface area contributed by atoms with Crippen LogP contribution in [0.2, 0.25) is 0 Å². The van der Waals surface area contributed by atoms with Gasteiger partial charge in [0.05, 0.1) is 36.5 Å². The van der Waals surface area contributed by atoms with Crippen molar-refractivity contribution >= 4 is 29.8 Å². The van der Waals surface area contributed by atoms with E-state index in [9.17, 15) is 40.7 Å². The molecule has 0 aromatic heterocycles. The number of rotatable bonds is 9. The number of nitrogens with one attached hydrogen (secondary N) is 1. The van der Waals surface area contributed by atoms with E-state index in [0.717, 1.165) is 69.8 Å². The summed E-state index contributed by atoms with van der Waals surface area (Å²) in [6.07, 6.45) is -2.02. The summed E-state index contributed by atoms with van der Waals surface area (Å²) in [4.78, 5) is 37.5. The highest BCUT2D eigenvalue weighted by molar-refractivity contribution is 5.94. The van der Waals surface area contributed by atoms with Gasteiger partial charge >= 0.3 is 24.3 Å². The number of esters is 2. The third kappa shape index (κ3) is 13.6. The maximum absolute atomic E-state index is 13.3. The molecule has 0 bridgehead atoms. The normalized spacial score (nSPS) is 15.4. The molecule has 2 aromatic carbocycles. The molecule has 0 spiro atoms. The van der Waals surface area contributed by atoms with Crippen molar-refractivity contribution in [2.45, 2.75) is 123 Å². The maximum Gasteiger partial charge on any atom is 0.416 e. The molecule has 0 amide bonds. The summed E-state index contributed by atoms with van der Waals surface area (Å²) in [7, 11) is 2.35. The maximum atomic E-state index is 13.3. The molecule has 4 rings (SSSR count). The van der Waals surface area contributed by atoms with Gasteiger partial charge in [-0.25, -0.2) is 9.59 Å². The van der Waals surface area contributed by atoms with Gasteiger partial charge in [-0.2, -0.15) is 26.3 Å². The molecule has 15 heteroatoms. The van der Waals surface area contributed by atoms with E-state index in [4.69, 9.17) is 0 Å². The molecule has 2 fully saturated rings. The SMILES string of the molecule is CC(C)(C)OC=O.CCN(c1cc(C(F)(F)F)cc(C(=O)OC)c1C)C1CCCCC1.CCN(c1cc(C(F)(F)F)cc(C(=O)OC)c1C)C1CCNCC1. The Balaban J connectivity index is 0.000000324. The van der Waals surface area contributed by atoms with Crippen LogP contribution in [0.5, 0.6) is 0 Å². The summed E-state index contributed by atoms with van der Waals surface area (Å²) >= 11 is 0. The molecule has 55 heavy (non-hydrogen) atoms. The number of alkyl halides is 6. The highest BCUT2D eigenvalue weighted by Gasteiger charge is 2.36. The zero-order valence-electron chi connectivity index (χ0n) is 33.4. The number of piperidine rings is 1. The topological polar surface area (TPSA) is 97.4 Å². The summed E-state index contributed by atoms with van der Waals surface area (Å²) in [6, 6.07) is 4.45. The summed E-state index contributed by atoms with van der Waals surface area (Å²) in [5.74, 6) is -1.49. The standard InChI is InChI=1S/C18H24F3NO2.C17H23F3N2O2.C5H10O2/c1-4-22(14-8-6-5-7-9-14)16-11-13(18(19,20)21)10-15(12(16)2)17(23)24-3;1-4-22(13-5-7-21-8-6-13)15-10-12(17(18,19)20)9-14(11(15)2)16(23)24-3;1-5(2,3)7-4-6/h10-11,14H,4-9H2,1-3H3;9-10,13,21H,4-8H2,1-3H3;4H,1-3H3.